The highest BCUT2D eigenvalue weighted by Gasteiger charge is 2.30. The summed E-state index contributed by atoms with van der Waals surface area (Å²) in [6.45, 7) is 6.20. The van der Waals surface area contributed by atoms with Gasteiger partial charge in [0.1, 0.15) is 5.15 Å². The van der Waals surface area contributed by atoms with E-state index in [2.05, 4.69) is 14.9 Å². The van der Waals surface area contributed by atoms with Gasteiger partial charge in [-0.25, -0.2) is 9.97 Å². The lowest BCUT2D eigenvalue weighted by atomic mass is 9.96. The molecule has 0 bridgehead atoms. The number of nitrogens with zero attached hydrogens (tertiary/aromatic N) is 4. The molecule has 6 heteroatoms. The van der Waals surface area contributed by atoms with Crippen molar-refractivity contribution in [2.24, 2.45) is 5.92 Å². The van der Waals surface area contributed by atoms with Crippen LogP contribution < -0.4 is 4.90 Å². The molecule has 0 amide bonds. The van der Waals surface area contributed by atoms with Gasteiger partial charge in [-0.05, 0) is 25.8 Å². The van der Waals surface area contributed by atoms with E-state index in [0.29, 0.717) is 11.1 Å². The molecule has 3 rings (SSSR count). The maximum atomic E-state index is 12.5. The van der Waals surface area contributed by atoms with E-state index in [1.165, 1.54) is 0 Å². The number of hydroxylamine groups is 3. The van der Waals surface area contributed by atoms with Crippen molar-refractivity contribution >= 4 is 17.5 Å². The molecule has 5 nitrogen and oxygen atoms in total. The first-order valence-electron chi connectivity index (χ1n) is 7.87. The minimum absolute atomic E-state index is 0.0391. The molecule has 0 atom stereocenters. The average molecular weight is 311 g/mol. The Morgan fingerprint density at radius 2 is 1.95 bits per heavy atom. The summed E-state index contributed by atoms with van der Waals surface area (Å²) in [5.41, 5.74) is 0.897. The van der Waals surface area contributed by atoms with Gasteiger partial charge in [0.2, 0.25) is 5.95 Å². The topological polar surface area (TPSA) is 52.1 Å². The number of halogens is 1. The van der Waals surface area contributed by atoms with Gasteiger partial charge < -0.3 is 14.8 Å². The Labute approximate surface area is 131 Å². The lowest BCUT2D eigenvalue weighted by Crippen LogP contribution is -2.46. The summed E-state index contributed by atoms with van der Waals surface area (Å²) in [5, 5.41) is 13.0. The van der Waals surface area contributed by atoms with Gasteiger partial charge in [0.15, 0.2) is 0 Å². The maximum absolute atomic E-state index is 12.5. The fraction of sp³-hybridized carbons (Fsp3) is 0.733. The number of quaternary nitrogens is 1. The largest absolute Gasteiger partial charge is 0.633 e. The molecule has 0 aromatic carbocycles. The third kappa shape index (κ3) is 3.65. The number of piperidine rings is 1. The van der Waals surface area contributed by atoms with Crippen LogP contribution in [0.3, 0.4) is 0 Å². The summed E-state index contributed by atoms with van der Waals surface area (Å²) < 4.78 is 0.0391. The Morgan fingerprint density at radius 3 is 2.57 bits per heavy atom. The van der Waals surface area contributed by atoms with E-state index in [1.807, 2.05) is 6.92 Å². The molecule has 1 aromatic rings. The second-order valence-corrected chi connectivity index (χ2v) is 6.84. The summed E-state index contributed by atoms with van der Waals surface area (Å²) in [4.78, 5) is 11.0. The van der Waals surface area contributed by atoms with E-state index in [0.717, 1.165) is 70.0 Å². The van der Waals surface area contributed by atoms with Gasteiger partial charge in [-0.3, -0.25) is 0 Å². The molecule has 3 heterocycles. The van der Waals surface area contributed by atoms with Crippen molar-refractivity contribution in [1.29, 1.82) is 0 Å². The first-order valence-corrected chi connectivity index (χ1v) is 8.25. The van der Waals surface area contributed by atoms with Crippen LogP contribution in [0.2, 0.25) is 5.15 Å². The molecular formula is C15H23ClN4O. The van der Waals surface area contributed by atoms with Crippen molar-refractivity contribution in [3.05, 3.63) is 22.1 Å². The fourth-order valence-corrected chi connectivity index (χ4v) is 3.77. The molecule has 2 fully saturated rings. The predicted octanol–water partition coefficient (Wildman–Crippen LogP) is 2.76. The Hall–Kier alpha value is -0.910. The summed E-state index contributed by atoms with van der Waals surface area (Å²) >= 11 is 6.01. The van der Waals surface area contributed by atoms with Crippen LogP contribution in [0.15, 0.2) is 6.07 Å². The van der Waals surface area contributed by atoms with Crippen LogP contribution in [0.5, 0.6) is 0 Å². The quantitative estimate of drug-likeness (QED) is 0.489. The minimum atomic E-state index is 0.0391. The Morgan fingerprint density at radius 1 is 1.29 bits per heavy atom. The SMILES string of the molecule is Cc1cc(Cl)nc(N2CCC(C[N+]3([O-])CCCC3)CC2)n1. The van der Waals surface area contributed by atoms with E-state index >= 15 is 0 Å². The number of hydrogen-bond donors (Lipinski definition) is 0. The molecule has 2 aliphatic rings. The minimum Gasteiger partial charge on any atom is -0.633 e. The molecule has 0 spiro atoms. The molecule has 2 aliphatic heterocycles. The molecule has 0 N–H and O–H groups in total. The summed E-state index contributed by atoms with van der Waals surface area (Å²) in [6, 6.07) is 1.77. The molecular weight excluding hydrogens is 288 g/mol. The second-order valence-electron chi connectivity index (χ2n) is 6.46. The smallest absolute Gasteiger partial charge is 0.226 e. The first kappa shape index (κ1) is 15.0. The summed E-state index contributed by atoms with van der Waals surface area (Å²) in [6.07, 6.45) is 4.30. The van der Waals surface area contributed by atoms with Gasteiger partial charge in [-0.15, -0.1) is 0 Å². The third-order valence-corrected chi connectivity index (χ3v) is 4.87. The molecule has 0 aliphatic carbocycles. The van der Waals surface area contributed by atoms with Crippen LogP contribution in [0, 0.1) is 18.0 Å². The Balaban J connectivity index is 1.57. The highest BCUT2D eigenvalue weighted by molar-refractivity contribution is 6.29. The Bertz CT molecular complexity index is 476. The van der Waals surface area contributed by atoms with Crippen molar-refractivity contribution in [3.63, 3.8) is 0 Å². The number of aromatic nitrogens is 2. The van der Waals surface area contributed by atoms with Gasteiger partial charge in [0.25, 0.3) is 0 Å². The van der Waals surface area contributed by atoms with Crippen LogP contribution in [0.25, 0.3) is 0 Å². The number of rotatable bonds is 3. The summed E-state index contributed by atoms with van der Waals surface area (Å²) in [7, 11) is 0. The third-order valence-electron chi connectivity index (χ3n) is 4.68. The van der Waals surface area contributed by atoms with Gasteiger partial charge >= 0.3 is 0 Å². The molecule has 116 valence electrons. The Kier molecular flexibility index (Phi) is 4.33. The van der Waals surface area contributed by atoms with Crippen LogP contribution in [-0.2, 0) is 0 Å². The van der Waals surface area contributed by atoms with Crippen molar-refractivity contribution in [3.8, 4) is 0 Å². The van der Waals surface area contributed by atoms with E-state index in [1.54, 1.807) is 6.07 Å². The van der Waals surface area contributed by atoms with Crippen LogP contribution in [-0.4, -0.2) is 47.3 Å². The number of hydrogen-bond acceptors (Lipinski definition) is 4. The standard InChI is InChI=1S/C15H23ClN4O/c1-12-10-14(16)18-15(17-12)19-6-4-13(5-7-19)11-20(21)8-2-3-9-20/h10,13H,2-9,11H2,1H3. The van der Waals surface area contributed by atoms with Crippen molar-refractivity contribution in [2.75, 3.05) is 37.6 Å². The highest BCUT2D eigenvalue weighted by Crippen LogP contribution is 2.27. The zero-order chi connectivity index (χ0) is 14.9. The summed E-state index contributed by atoms with van der Waals surface area (Å²) in [5.74, 6) is 1.27. The van der Waals surface area contributed by atoms with Crippen LogP contribution in [0.1, 0.15) is 31.4 Å². The van der Waals surface area contributed by atoms with Crippen LogP contribution in [0.4, 0.5) is 5.95 Å². The van der Waals surface area contributed by atoms with Gasteiger partial charge in [-0.1, -0.05) is 11.6 Å². The van der Waals surface area contributed by atoms with Gasteiger partial charge in [0, 0.05) is 37.5 Å². The predicted molar refractivity (Wildman–Crippen MR) is 84.2 cm³/mol. The first-order chi connectivity index (χ1) is 10.0. The number of aryl methyl sites for hydroxylation is 1. The highest BCUT2D eigenvalue weighted by atomic mass is 35.5. The maximum Gasteiger partial charge on any atom is 0.226 e. The molecule has 0 unspecified atom stereocenters. The molecule has 0 radical (unpaired) electrons. The average Bonchev–Trinajstić information content (AvgIpc) is 2.85. The number of likely N-dealkylation sites (tertiary alicyclic amines) is 1. The fourth-order valence-electron chi connectivity index (χ4n) is 3.54. The zero-order valence-electron chi connectivity index (χ0n) is 12.6. The molecule has 2 saturated heterocycles. The molecule has 0 saturated carbocycles. The normalized spacial score (nSPS) is 22.7. The van der Waals surface area contributed by atoms with E-state index < -0.39 is 0 Å². The van der Waals surface area contributed by atoms with Crippen LogP contribution >= 0.6 is 11.6 Å². The van der Waals surface area contributed by atoms with E-state index in [4.69, 9.17) is 11.6 Å². The van der Waals surface area contributed by atoms with Crippen molar-refractivity contribution in [2.45, 2.75) is 32.6 Å². The van der Waals surface area contributed by atoms with E-state index in [9.17, 15) is 5.21 Å². The van der Waals surface area contributed by atoms with Crippen molar-refractivity contribution in [1.82, 2.24) is 9.97 Å². The monoisotopic (exact) mass is 310 g/mol. The number of anilines is 1. The molecule has 1 aromatic heterocycles. The second kappa shape index (κ2) is 6.07. The molecule has 21 heavy (non-hydrogen) atoms. The lowest BCUT2D eigenvalue weighted by Gasteiger charge is -2.43. The van der Waals surface area contributed by atoms with Gasteiger partial charge in [0.05, 0.1) is 19.6 Å². The van der Waals surface area contributed by atoms with Crippen molar-refractivity contribution < 1.29 is 4.65 Å². The van der Waals surface area contributed by atoms with E-state index in [-0.39, 0.29) is 4.65 Å². The zero-order valence-corrected chi connectivity index (χ0v) is 13.3. The van der Waals surface area contributed by atoms with Gasteiger partial charge in [-0.2, -0.15) is 0 Å². The lowest BCUT2D eigenvalue weighted by molar-refractivity contribution is -0.871.